The number of hydrogen-bond acceptors (Lipinski definition) is 4. The van der Waals surface area contributed by atoms with Gasteiger partial charge in [-0.15, -0.1) is 0 Å². The molecule has 5 nitrogen and oxygen atoms in total. The van der Waals surface area contributed by atoms with Gasteiger partial charge in [-0.25, -0.2) is 9.18 Å². The molecule has 3 aromatic rings. The van der Waals surface area contributed by atoms with Crippen molar-refractivity contribution in [3.63, 3.8) is 0 Å². The zero-order valence-electron chi connectivity index (χ0n) is 14.6. The third-order valence-electron chi connectivity index (χ3n) is 3.91. The monoisotopic (exact) mass is 367 g/mol. The van der Waals surface area contributed by atoms with E-state index in [1.165, 1.54) is 25.1 Å². The summed E-state index contributed by atoms with van der Waals surface area (Å²) < 4.78 is 24.3. The second kappa shape index (κ2) is 8.31. The van der Waals surface area contributed by atoms with Gasteiger partial charge in [0, 0.05) is 6.54 Å². The lowest BCUT2D eigenvalue weighted by atomic mass is 10.1. The van der Waals surface area contributed by atoms with Crippen LogP contribution in [0.5, 0.6) is 0 Å². The van der Waals surface area contributed by atoms with Crippen molar-refractivity contribution in [2.75, 3.05) is 0 Å². The number of rotatable bonds is 6. The normalized spacial score (nSPS) is 11.6. The molecule has 1 unspecified atom stereocenters. The van der Waals surface area contributed by atoms with E-state index in [1.54, 1.807) is 18.2 Å². The molecule has 0 aliphatic rings. The van der Waals surface area contributed by atoms with Crippen LogP contribution in [0.1, 0.15) is 23.0 Å². The Labute approximate surface area is 155 Å². The first-order chi connectivity index (χ1) is 13.0. The third-order valence-corrected chi connectivity index (χ3v) is 3.91. The number of hydrogen-bond donors (Lipinski definition) is 1. The fourth-order valence-corrected chi connectivity index (χ4v) is 2.45. The fourth-order valence-electron chi connectivity index (χ4n) is 2.45. The molecule has 1 atom stereocenters. The summed E-state index contributed by atoms with van der Waals surface area (Å²) in [6, 6.07) is 18.3. The highest BCUT2D eigenvalue weighted by atomic mass is 19.1. The molecule has 1 aromatic heterocycles. The molecule has 138 valence electrons. The number of furan rings is 1. The Balaban J connectivity index is 1.58. The van der Waals surface area contributed by atoms with Crippen LogP contribution >= 0.6 is 0 Å². The smallest absolute Gasteiger partial charge is 0.375 e. The standard InChI is InChI=1S/C21H18FNO4/c1-14(20(24)23-13-15-7-3-2-4-8-15)26-21(25)19-12-11-18(27-19)16-9-5-6-10-17(16)22/h2-12,14H,13H2,1H3,(H,23,24). The minimum atomic E-state index is -0.997. The van der Waals surface area contributed by atoms with Crippen LogP contribution in [0.25, 0.3) is 11.3 Å². The highest BCUT2D eigenvalue weighted by Gasteiger charge is 2.21. The largest absolute Gasteiger partial charge is 0.449 e. The van der Waals surface area contributed by atoms with E-state index >= 15 is 0 Å². The van der Waals surface area contributed by atoms with Crippen LogP contribution in [-0.4, -0.2) is 18.0 Å². The van der Waals surface area contributed by atoms with Crippen molar-refractivity contribution < 1.29 is 23.1 Å². The molecule has 6 heteroatoms. The van der Waals surface area contributed by atoms with E-state index in [-0.39, 0.29) is 17.1 Å². The van der Waals surface area contributed by atoms with E-state index in [0.717, 1.165) is 5.56 Å². The molecular formula is C21H18FNO4. The number of ether oxygens (including phenoxy) is 1. The highest BCUT2D eigenvalue weighted by Crippen LogP contribution is 2.25. The van der Waals surface area contributed by atoms with Gasteiger partial charge in [0.25, 0.3) is 5.91 Å². The Morgan fingerprint density at radius 2 is 1.74 bits per heavy atom. The molecule has 0 radical (unpaired) electrons. The molecule has 0 saturated carbocycles. The third kappa shape index (κ3) is 4.61. The summed E-state index contributed by atoms with van der Waals surface area (Å²) in [4.78, 5) is 24.3. The van der Waals surface area contributed by atoms with Crippen LogP contribution in [0.15, 0.2) is 71.1 Å². The average molecular weight is 367 g/mol. The van der Waals surface area contributed by atoms with Gasteiger partial charge < -0.3 is 14.5 Å². The van der Waals surface area contributed by atoms with E-state index in [1.807, 2.05) is 30.3 Å². The number of nitrogens with one attached hydrogen (secondary N) is 1. The number of esters is 1. The Kier molecular flexibility index (Phi) is 5.66. The molecule has 27 heavy (non-hydrogen) atoms. The first-order valence-corrected chi connectivity index (χ1v) is 8.42. The molecule has 2 aromatic carbocycles. The first-order valence-electron chi connectivity index (χ1n) is 8.42. The topological polar surface area (TPSA) is 68.5 Å². The van der Waals surface area contributed by atoms with Crippen LogP contribution in [0.2, 0.25) is 0 Å². The molecule has 0 fully saturated rings. The van der Waals surface area contributed by atoms with Crippen molar-refractivity contribution in [1.29, 1.82) is 0 Å². The van der Waals surface area contributed by atoms with Crippen molar-refractivity contribution in [1.82, 2.24) is 5.32 Å². The second-order valence-corrected chi connectivity index (χ2v) is 5.89. The Bertz CT molecular complexity index is 936. The van der Waals surface area contributed by atoms with Crippen LogP contribution in [-0.2, 0) is 16.1 Å². The number of carbonyl (C=O) groups is 2. The van der Waals surface area contributed by atoms with E-state index in [4.69, 9.17) is 9.15 Å². The molecular weight excluding hydrogens is 349 g/mol. The maximum absolute atomic E-state index is 13.8. The van der Waals surface area contributed by atoms with Crippen LogP contribution < -0.4 is 5.32 Å². The van der Waals surface area contributed by atoms with Gasteiger partial charge in [0.15, 0.2) is 6.10 Å². The maximum Gasteiger partial charge on any atom is 0.375 e. The van der Waals surface area contributed by atoms with Crippen LogP contribution in [0.3, 0.4) is 0 Å². The second-order valence-electron chi connectivity index (χ2n) is 5.89. The molecule has 0 aliphatic heterocycles. The number of benzene rings is 2. The number of carbonyl (C=O) groups excluding carboxylic acids is 2. The van der Waals surface area contributed by atoms with Gasteiger partial charge in [-0.2, -0.15) is 0 Å². The summed E-state index contributed by atoms with van der Waals surface area (Å²) in [5.41, 5.74) is 1.18. The van der Waals surface area contributed by atoms with Crippen LogP contribution in [0, 0.1) is 5.82 Å². The van der Waals surface area contributed by atoms with Crippen molar-refractivity contribution in [3.8, 4) is 11.3 Å². The number of amides is 1. The van der Waals surface area contributed by atoms with Crippen molar-refractivity contribution in [3.05, 3.63) is 83.9 Å². The van der Waals surface area contributed by atoms with E-state index < -0.39 is 23.8 Å². The van der Waals surface area contributed by atoms with Gasteiger partial charge in [0.2, 0.25) is 5.76 Å². The predicted molar refractivity (Wildman–Crippen MR) is 97.3 cm³/mol. The Hall–Kier alpha value is -3.41. The summed E-state index contributed by atoms with van der Waals surface area (Å²) in [6.45, 7) is 1.80. The lowest BCUT2D eigenvalue weighted by Gasteiger charge is -2.12. The molecule has 0 saturated heterocycles. The van der Waals surface area contributed by atoms with Gasteiger partial charge in [-0.3, -0.25) is 4.79 Å². The van der Waals surface area contributed by atoms with Gasteiger partial charge in [0.05, 0.1) is 5.56 Å². The van der Waals surface area contributed by atoms with Crippen molar-refractivity contribution in [2.24, 2.45) is 0 Å². The molecule has 0 aliphatic carbocycles. The molecule has 1 amide bonds. The molecule has 0 spiro atoms. The van der Waals surface area contributed by atoms with E-state index in [2.05, 4.69) is 5.32 Å². The zero-order chi connectivity index (χ0) is 19.2. The Morgan fingerprint density at radius 3 is 2.48 bits per heavy atom. The number of halogens is 1. The van der Waals surface area contributed by atoms with E-state index in [9.17, 15) is 14.0 Å². The lowest BCUT2D eigenvalue weighted by molar-refractivity contribution is -0.129. The zero-order valence-corrected chi connectivity index (χ0v) is 14.6. The molecule has 1 heterocycles. The minimum Gasteiger partial charge on any atom is -0.449 e. The summed E-state index contributed by atoms with van der Waals surface area (Å²) in [7, 11) is 0. The minimum absolute atomic E-state index is 0.101. The fraction of sp³-hybridized carbons (Fsp3) is 0.143. The van der Waals surface area contributed by atoms with Gasteiger partial charge in [-0.1, -0.05) is 42.5 Å². The first kappa shape index (κ1) is 18.4. The van der Waals surface area contributed by atoms with E-state index in [0.29, 0.717) is 6.54 Å². The average Bonchev–Trinajstić information content (AvgIpc) is 3.17. The predicted octanol–water partition coefficient (Wildman–Crippen LogP) is 3.95. The summed E-state index contributed by atoms with van der Waals surface area (Å²) in [5.74, 6) is -1.56. The summed E-state index contributed by atoms with van der Waals surface area (Å²) in [5, 5.41) is 2.70. The Morgan fingerprint density at radius 1 is 1.04 bits per heavy atom. The maximum atomic E-state index is 13.8. The highest BCUT2D eigenvalue weighted by molar-refractivity contribution is 5.90. The van der Waals surface area contributed by atoms with Crippen molar-refractivity contribution >= 4 is 11.9 Å². The van der Waals surface area contributed by atoms with Gasteiger partial charge >= 0.3 is 5.97 Å². The van der Waals surface area contributed by atoms with Crippen LogP contribution in [0.4, 0.5) is 4.39 Å². The SMILES string of the molecule is CC(OC(=O)c1ccc(-c2ccccc2F)o1)C(=O)NCc1ccccc1. The molecule has 1 N–H and O–H groups in total. The lowest BCUT2D eigenvalue weighted by Crippen LogP contribution is -2.35. The van der Waals surface area contributed by atoms with Crippen molar-refractivity contribution in [2.45, 2.75) is 19.6 Å². The van der Waals surface area contributed by atoms with Gasteiger partial charge in [0.1, 0.15) is 11.6 Å². The quantitative estimate of drug-likeness (QED) is 0.670. The summed E-state index contributed by atoms with van der Waals surface area (Å²) >= 11 is 0. The van der Waals surface area contributed by atoms with Gasteiger partial charge in [-0.05, 0) is 36.8 Å². The molecule has 0 bridgehead atoms. The summed E-state index contributed by atoms with van der Waals surface area (Å²) in [6.07, 6.45) is -0.997. The molecule has 3 rings (SSSR count).